The summed E-state index contributed by atoms with van der Waals surface area (Å²) in [4.78, 5) is 11.9. The van der Waals surface area contributed by atoms with Crippen LogP contribution in [-0.4, -0.2) is 13.0 Å². The van der Waals surface area contributed by atoms with Gasteiger partial charge in [0.15, 0.2) is 11.5 Å². The molecule has 1 N–H and O–H groups in total. The SMILES string of the molecule is COc1ccccc1Oc1ccc(NC(=O)c2ccoc2)cc1. The lowest BCUT2D eigenvalue weighted by atomic mass is 10.2. The number of methoxy groups -OCH3 is 1. The summed E-state index contributed by atoms with van der Waals surface area (Å²) >= 11 is 0. The molecule has 0 aliphatic carbocycles. The maximum atomic E-state index is 11.9. The van der Waals surface area contributed by atoms with Crippen molar-refractivity contribution in [1.29, 1.82) is 0 Å². The second-order valence-electron chi connectivity index (χ2n) is 4.74. The number of amides is 1. The Balaban J connectivity index is 1.68. The maximum Gasteiger partial charge on any atom is 0.258 e. The molecule has 23 heavy (non-hydrogen) atoms. The van der Waals surface area contributed by atoms with Crippen LogP contribution in [0.15, 0.2) is 71.5 Å². The molecule has 0 aliphatic heterocycles. The van der Waals surface area contributed by atoms with Gasteiger partial charge in [0.05, 0.1) is 18.9 Å². The highest BCUT2D eigenvalue weighted by Crippen LogP contribution is 2.31. The van der Waals surface area contributed by atoms with E-state index in [4.69, 9.17) is 13.9 Å². The minimum Gasteiger partial charge on any atom is -0.493 e. The van der Waals surface area contributed by atoms with Crippen LogP contribution in [-0.2, 0) is 0 Å². The van der Waals surface area contributed by atoms with Crippen molar-refractivity contribution < 1.29 is 18.7 Å². The van der Waals surface area contributed by atoms with Crippen molar-refractivity contribution >= 4 is 11.6 Å². The van der Waals surface area contributed by atoms with Gasteiger partial charge in [0.25, 0.3) is 5.91 Å². The third-order valence-corrected chi connectivity index (χ3v) is 3.19. The fourth-order valence-electron chi connectivity index (χ4n) is 2.03. The Kier molecular flexibility index (Phi) is 4.29. The number of nitrogens with one attached hydrogen (secondary N) is 1. The highest BCUT2D eigenvalue weighted by molar-refractivity contribution is 6.03. The first-order chi connectivity index (χ1) is 11.3. The van der Waals surface area contributed by atoms with E-state index in [9.17, 15) is 4.79 Å². The van der Waals surface area contributed by atoms with E-state index in [1.54, 1.807) is 37.4 Å². The summed E-state index contributed by atoms with van der Waals surface area (Å²) in [6.07, 6.45) is 2.85. The van der Waals surface area contributed by atoms with Gasteiger partial charge in [0.1, 0.15) is 12.0 Å². The molecule has 0 fully saturated rings. The average Bonchev–Trinajstić information content (AvgIpc) is 3.12. The minimum atomic E-state index is -0.225. The van der Waals surface area contributed by atoms with Crippen LogP contribution in [0.4, 0.5) is 5.69 Å². The number of hydrogen-bond donors (Lipinski definition) is 1. The van der Waals surface area contributed by atoms with Gasteiger partial charge < -0.3 is 19.2 Å². The van der Waals surface area contributed by atoms with Crippen LogP contribution in [0.25, 0.3) is 0 Å². The van der Waals surface area contributed by atoms with Crippen LogP contribution in [0.5, 0.6) is 17.2 Å². The van der Waals surface area contributed by atoms with Gasteiger partial charge in [-0.15, -0.1) is 0 Å². The number of anilines is 1. The number of carbonyl (C=O) groups is 1. The summed E-state index contributed by atoms with van der Waals surface area (Å²) in [6.45, 7) is 0. The lowest BCUT2D eigenvalue weighted by Gasteiger charge is -2.10. The van der Waals surface area contributed by atoms with E-state index in [1.807, 2.05) is 24.3 Å². The predicted molar refractivity (Wildman–Crippen MR) is 86.2 cm³/mol. The Labute approximate surface area is 133 Å². The molecule has 0 aliphatic rings. The number of hydrogen-bond acceptors (Lipinski definition) is 4. The molecule has 1 heterocycles. The lowest BCUT2D eigenvalue weighted by molar-refractivity contribution is 0.102. The summed E-state index contributed by atoms with van der Waals surface area (Å²) in [5, 5.41) is 2.78. The molecule has 0 unspecified atom stereocenters. The molecule has 0 spiro atoms. The average molecular weight is 309 g/mol. The van der Waals surface area contributed by atoms with Gasteiger partial charge in [-0.1, -0.05) is 12.1 Å². The van der Waals surface area contributed by atoms with Gasteiger partial charge in [-0.3, -0.25) is 4.79 Å². The number of benzene rings is 2. The molecule has 0 atom stereocenters. The van der Waals surface area contributed by atoms with Crippen molar-refractivity contribution in [3.63, 3.8) is 0 Å². The van der Waals surface area contributed by atoms with E-state index in [2.05, 4.69) is 5.32 Å². The van der Waals surface area contributed by atoms with Crippen LogP contribution in [0, 0.1) is 0 Å². The van der Waals surface area contributed by atoms with Gasteiger partial charge in [0.2, 0.25) is 0 Å². The highest BCUT2D eigenvalue weighted by atomic mass is 16.5. The molecule has 1 aromatic heterocycles. The Morgan fingerprint density at radius 3 is 2.39 bits per heavy atom. The molecule has 0 bridgehead atoms. The molecule has 0 saturated heterocycles. The van der Waals surface area contributed by atoms with Gasteiger partial charge in [0, 0.05) is 5.69 Å². The Bertz CT molecular complexity index is 779. The quantitative estimate of drug-likeness (QED) is 0.762. The van der Waals surface area contributed by atoms with E-state index in [1.165, 1.54) is 12.5 Å². The zero-order chi connectivity index (χ0) is 16.1. The second kappa shape index (κ2) is 6.70. The Morgan fingerprint density at radius 2 is 1.74 bits per heavy atom. The third-order valence-electron chi connectivity index (χ3n) is 3.19. The number of para-hydroxylation sites is 2. The maximum absolute atomic E-state index is 11.9. The van der Waals surface area contributed by atoms with Crippen LogP contribution >= 0.6 is 0 Å². The number of carbonyl (C=O) groups excluding carboxylic acids is 1. The number of ether oxygens (including phenoxy) is 2. The zero-order valence-electron chi connectivity index (χ0n) is 12.5. The molecule has 1 amide bonds. The molecule has 0 radical (unpaired) electrons. The van der Waals surface area contributed by atoms with Crippen molar-refractivity contribution in [1.82, 2.24) is 0 Å². The predicted octanol–water partition coefficient (Wildman–Crippen LogP) is 4.33. The molecule has 5 nitrogen and oxygen atoms in total. The topological polar surface area (TPSA) is 60.7 Å². The first-order valence-electron chi connectivity index (χ1n) is 7.01. The van der Waals surface area contributed by atoms with Crippen molar-refractivity contribution in [2.45, 2.75) is 0 Å². The smallest absolute Gasteiger partial charge is 0.258 e. The molecular formula is C18H15NO4. The number of furan rings is 1. The summed E-state index contributed by atoms with van der Waals surface area (Å²) < 4.78 is 15.9. The van der Waals surface area contributed by atoms with E-state index in [0.29, 0.717) is 28.5 Å². The van der Waals surface area contributed by atoms with E-state index < -0.39 is 0 Å². The van der Waals surface area contributed by atoms with Crippen LogP contribution in [0.2, 0.25) is 0 Å². The van der Waals surface area contributed by atoms with Crippen molar-refractivity contribution in [2.24, 2.45) is 0 Å². The van der Waals surface area contributed by atoms with Crippen LogP contribution in [0.1, 0.15) is 10.4 Å². The molecule has 3 rings (SSSR count). The largest absolute Gasteiger partial charge is 0.493 e. The number of rotatable bonds is 5. The molecule has 3 aromatic rings. The van der Waals surface area contributed by atoms with E-state index in [-0.39, 0.29) is 5.91 Å². The normalized spacial score (nSPS) is 10.1. The summed E-state index contributed by atoms with van der Waals surface area (Å²) in [7, 11) is 1.59. The van der Waals surface area contributed by atoms with Gasteiger partial charge >= 0.3 is 0 Å². The molecule has 5 heteroatoms. The van der Waals surface area contributed by atoms with Gasteiger partial charge in [-0.05, 0) is 42.5 Å². The third kappa shape index (κ3) is 3.52. The van der Waals surface area contributed by atoms with Crippen molar-refractivity contribution in [2.75, 3.05) is 12.4 Å². The van der Waals surface area contributed by atoms with Crippen molar-refractivity contribution in [3.8, 4) is 17.2 Å². The fraction of sp³-hybridized carbons (Fsp3) is 0.0556. The molecule has 0 saturated carbocycles. The standard InChI is InChI=1S/C18H15NO4/c1-21-16-4-2-3-5-17(16)23-15-8-6-14(7-9-15)19-18(20)13-10-11-22-12-13/h2-12H,1H3,(H,19,20). The summed E-state index contributed by atoms with van der Waals surface area (Å²) in [5.74, 6) is 1.71. The van der Waals surface area contributed by atoms with E-state index in [0.717, 1.165) is 0 Å². The molecular weight excluding hydrogens is 294 g/mol. The van der Waals surface area contributed by atoms with Crippen LogP contribution in [0.3, 0.4) is 0 Å². The highest BCUT2D eigenvalue weighted by Gasteiger charge is 2.08. The Morgan fingerprint density at radius 1 is 1.00 bits per heavy atom. The zero-order valence-corrected chi connectivity index (χ0v) is 12.5. The molecule has 116 valence electrons. The molecule has 2 aromatic carbocycles. The van der Waals surface area contributed by atoms with E-state index >= 15 is 0 Å². The Hall–Kier alpha value is -3.21. The first kappa shape index (κ1) is 14.7. The first-order valence-corrected chi connectivity index (χ1v) is 7.01. The van der Waals surface area contributed by atoms with Crippen molar-refractivity contribution in [3.05, 3.63) is 72.7 Å². The summed E-state index contributed by atoms with van der Waals surface area (Å²) in [6, 6.07) is 16.1. The van der Waals surface area contributed by atoms with Crippen LogP contribution < -0.4 is 14.8 Å². The minimum absolute atomic E-state index is 0.225. The van der Waals surface area contributed by atoms with Gasteiger partial charge in [-0.25, -0.2) is 0 Å². The lowest BCUT2D eigenvalue weighted by Crippen LogP contribution is -2.10. The fourth-order valence-corrected chi connectivity index (χ4v) is 2.03. The van der Waals surface area contributed by atoms with Gasteiger partial charge in [-0.2, -0.15) is 0 Å². The monoisotopic (exact) mass is 309 g/mol. The summed E-state index contributed by atoms with van der Waals surface area (Å²) in [5.41, 5.74) is 1.14. The second-order valence-corrected chi connectivity index (χ2v) is 4.74.